The summed E-state index contributed by atoms with van der Waals surface area (Å²) >= 11 is 0. The van der Waals surface area contributed by atoms with Crippen LogP contribution in [0.5, 0.6) is 0 Å². The van der Waals surface area contributed by atoms with Crippen molar-refractivity contribution in [3.8, 4) is 0 Å². The fourth-order valence-electron chi connectivity index (χ4n) is 2.81. The molecule has 0 fully saturated rings. The van der Waals surface area contributed by atoms with Crippen LogP contribution in [0.15, 0.2) is 18.2 Å². The number of rotatable bonds is 4. The fourth-order valence-corrected chi connectivity index (χ4v) is 2.81. The highest BCUT2D eigenvalue weighted by Crippen LogP contribution is 2.24. The summed E-state index contributed by atoms with van der Waals surface area (Å²) < 4.78 is 0. The van der Waals surface area contributed by atoms with Crippen LogP contribution in [0.3, 0.4) is 0 Å². The van der Waals surface area contributed by atoms with Crippen molar-refractivity contribution in [3.05, 3.63) is 34.9 Å². The van der Waals surface area contributed by atoms with E-state index in [0.29, 0.717) is 11.8 Å². The first-order chi connectivity index (χ1) is 8.20. The molecule has 1 aliphatic rings. The topological polar surface area (TPSA) is 26.0 Å². The number of hydrogen-bond acceptors (Lipinski definition) is 1. The molecule has 0 aromatic heterocycles. The molecule has 1 atom stereocenters. The smallest absolute Gasteiger partial charge is 0.00432 e. The summed E-state index contributed by atoms with van der Waals surface area (Å²) in [4.78, 5) is 0. The number of nitrogens with two attached hydrogens (primary N) is 1. The highest BCUT2D eigenvalue weighted by atomic mass is 14.5. The molecule has 0 amide bonds. The van der Waals surface area contributed by atoms with Crippen LogP contribution in [-0.4, -0.2) is 6.54 Å². The average Bonchev–Trinajstić information content (AvgIpc) is 2.35. The lowest BCUT2D eigenvalue weighted by molar-refractivity contribution is 0.392. The summed E-state index contributed by atoms with van der Waals surface area (Å²) in [6, 6.07) is 7.09. The molecule has 1 heteroatoms. The Morgan fingerprint density at radius 3 is 2.47 bits per heavy atom. The van der Waals surface area contributed by atoms with E-state index in [9.17, 15) is 0 Å². The van der Waals surface area contributed by atoms with Crippen LogP contribution in [0, 0.1) is 11.8 Å². The van der Waals surface area contributed by atoms with E-state index in [1.807, 2.05) is 0 Å². The maximum Gasteiger partial charge on any atom is -0.00432 e. The third-order valence-corrected chi connectivity index (χ3v) is 4.16. The van der Waals surface area contributed by atoms with Crippen molar-refractivity contribution >= 4 is 0 Å². The summed E-state index contributed by atoms with van der Waals surface area (Å²) in [5.74, 6) is 1.30. The van der Waals surface area contributed by atoms with Crippen LogP contribution in [0.2, 0.25) is 0 Å². The van der Waals surface area contributed by atoms with Gasteiger partial charge >= 0.3 is 0 Å². The average molecular weight is 231 g/mol. The van der Waals surface area contributed by atoms with Gasteiger partial charge in [0.1, 0.15) is 0 Å². The van der Waals surface area contributed by atoms with Gasteiger partial charge in [0.2, 0.25) is 0 Å². The molecule has 1 unspecified atom stereocenters. The van der Waals surface area contributed by atoms with E-state index in [2.05, 4.69) is 32.0 Å². The Bertz CT molecular complexity index is 368. The first kappa shape index (κ1) is 12.6. The zero-order valence-electron chi connectivity index (χ0n) is 11.2. The molecule has 1 nitrogen and oxygen atoms in total. The molecule has 0 aliphatic heterocycles. The quantitative estimate of drug-likeness (QED) is 0.845. The molecule has 94 valence electrons. The van der Waals surface area contributed by atoms with E-state index in [-0.39, 0.29) is 0 Å². The standard InChI is InChI=1S/C16H25N/c1-12(2)16(11-17)10-13-7-8-14-5-3-4-6-15(14)9-13/h7-9,12,16H,3-6,10-11,17H2,1-2H3. The van der Waals surface area contributed by atoms with Crippen LogP contribution in [0.4, 0.5) is 0 Å². The van der Waals surface area contributed by atoms with Crippen molar-refractivity contribution in [3.63, 3.8) is 0 Å². The van der Waals surface area contributed by atoms with Crippen molar-refractivity contribution in [1.29, 1.82) is 0 Å². The first-order valence-electron chi connectivity index (χ1n) is 7.01. The molecule has 0 saturated heterocycles. The molecule has 1 aliphatic carbocycles. The molecular weight excluding hydrogens is 206 g/mol. The third kappa shape index (κ3) is 3.10. The van der Waals surface area contributed by atoms with Crippen LogP contribution in [0.1, 0.15) is 43.4 Å². The lowest BCUT2D eigenvalue weighted by Crippen LogP contribution is -2.22. The summed E-state index contributed by atoms with van der Waals surface area (Å²) in [5, 5.41) is 0. The zero-order valence-corrected chi connectivity index (χ0v) is 11.2. The van der Waals surface area contributed by atoms with E-state index in [1.165, 1.54) is 31.2 Å². The van der Waals surface area contributed by atoms with Gasteiger partial charge in [-0.3, -0.25) is 0 Å². The Morgan fingerprint density at radius 1 is 1.12 bits per heavy atom. The van der Waals surface area contributed by atoms with Crippen molar-refractivity contribution in [2.75, 3.05) is 6.54 Å². The number of aryl methyl sites for hydroxylation is 2. The van der Waals surface area contributed by atoms with E-state index < -0.39 is 0 Å². The Labute approximate surface area is 105 Å². The van der Waals surface area contributed by atoms with Gasteiger partial charge in [-0.25, -0.2) is 0 Å². The fraction of sp³-hybridized carbons (Fsp3) is 0.625. The molecular formula is C16H25N. The molecule has 1 aromatic carbocycles. The van der Waals surface area contributed by atoms with Crippen LogP contribution >= 0.6 is 0 Å². The number of benzene rings is 1. The van der Waals surface area contributed by atoms with Crippen LogP contribution < -0.4 is 5.73 Å². The van der Waals surface area contributed by atoms with Crippen molar-refractivity contribution < 1.29 is 0 Å². The highest BCUT2D eigenvalue weighted by Gasteiger charge is 2.14. The van der Waals surface area contributed by atoms with E-state index in [4.69, 9.17) is 5.73 Å². The molecule has 17 heavy (non-hydrogen) atoms. The SMILES string of the molecule is CC(C)C(CN)Cc1ccc2c(c1)CCCC2. The maximum absolute atomic E-state index is 5.86. The van der Waals surface area contributed by atoms with Gasteiger partial charge in [0.15, 0.2) is 0 Å². The molecule has 0 spiro atoms. The van der Waals surface area contributed by atoms with Crippen molar-refractivity contribution in [1.82, 2.24) is 0 Å². The largest absolute Gasteiger partial charge is 0.330 e. The second-order valence-electron chi connectivity index (χ2n) is 5.75. The first-order valence-corrected chi connectivity index (χ1v) is 7.01. The Kier molecular flexibility index (Phi) is 4.22. The van der Waals surface area contributed by atoms with E-state index in [1.54, 1.807) is 11.1 Å². The lowest BCUT2D eigenvalue weighted by atomic mass is 9.85. The third-order valence-electron chi connectivity index (χ3n) is 4.16. The molecule has 0 radical (unpaired) electrons. The van der Waals surface area contributed by atoms with E-state index >= 15 is 0 Å². The van der Waals surface area contributed by atoms with Gasteiger partial charge in [-0.15, -0.1) is 0 Å². The summed E-state index contributed by atoms with van der Waals surface area (Å²) in [5.41, 5.74) is 10.5. The number of fused-ring (bicyclic) bond motifs is 1. The normalized spacial score (nSPS) is 16.9. The van der Waals surface area contributed by atoms with Gasteiger partial charge in [-0.2, -0.15) is 0 Å². The Hall–Kier alpha value is -0.820. The van der Waals surface area contributed by atoms with E-state index in [0.717, 1.165) is 13.0 Å². The minimum Gasteiger partial charge on any atom is -0.330 e. The Morgan fingerprint density at radius 2 is 1.82 bits per heavy atom. The second-order valence-corrected chi connectivity index (χ2v) is 5.75. The maximum atomic E-state index is 5.86. The van der Waals surface area contributed by atoms with Crippen molar-refractivity contribution in [2.45, 2.75) is 46.0 Å². The monoisotopic (exact) mass is 231 g/mol. The summed E-state index contributed by atoms with van der Waals surface area (Å²) in [6.07, 6.45) is 6.42. The molecule has 2 rings (SSSR count). The summed E-state index contributed by atoms with van der Waals surface area (Å²) in [7, 11) is 0. The number of hydrogen-bond donors (Lipinski definition) is 1. The molecule has 1 aromatic rings. The predicted octanol–water partition coefficient (Wildman–Crippen LogP) is 3.34. The minimum absolute atomic E-state index is 0.622. The molecule has 0 bridgehead atoms. The van der Waals surface area contributed by atoms with Crippen molar-refractivity contribution in [2.24, 2.45) is 17.6 Å². The Balaban J connectivity index is 2.11. The summed E-state index contributed by atoms with van der Waals surface area (Å²) in [6.45, 7) is 5.35. The molecule has 0 saturated carbocycles. The van der Waals surface area contributed by atoms with Crippen LogP contribution in [-0.2, 0) is 19.3 Å². The highest BCUT2D eigenvalue weighted by molar-refractivity contribution is 5.34. The van der Waals surface area contributed by atoms with Gasteiger partial charge in [0.25, 0.3) is 0 Å². The lowest BCUT2D eigenvalue weighted by Gasteiger charge is -2.21. The van der Waals surface area contributed by atoms with Gasteiger partial charge in [-0.1, -0.05) is 32.0 Å². The molecule has 2 N–H and O–H groups in total. The van der Waals surface area contributed by atoms with Gasteiger partial charge in [0, 0.05) is 0 Å². The second kappa shape index (κ2) is 5.68. The van der Waals surface area contributed by atoms with Crippen LogP contribution in [0.25, 0.3) is 0 Å². The molecule has 0 heterocycles. The minimum atomic E-state index is 0.622. The van der Waals surface area contributed by atoms with Gasteiger partial charge in [0.05, 0.1) is 0 Å². The van der Waals surface area contributed by atoms with Gasteiger partial charge in [-0.05, 0) is 67.2 Å². The predicted molar refractivity (Wildman–Crippen MR) is 74.2 cm³/mol. The van der Waals surface area contributed by atoms with Gasteiger partial charge < -0.3 is 5.73 Å². The zero-order chi connectivity index (χ0) is 12.3.